The molecule has 1 aliphatic heterocycles. The molecule has 0 atom stereocenters. The number of hydrogen-bond acceptors (Lipinski definition) is 4. The van der Waals surface area contributed by atoms with Crippen LogP contribution >= 0.6 is 0 Å². The van der Waals surface area contributed by atoms with Crippen molar-refractivity contribution >= 4 is 0 Å². The lowest BCUT2D eigenvalue weighted by molar-refractivity contribution is 0.119. The second-order valence-corrected chi connectivity index (χ2v) is 4.52. The van der Waals surface area contributed by atoms with E-state index in [0.29, 0.717) is 6.61 Å². The Balaban J connectivity index is 1.72. The molecular weight excluding hydrogens is 214 g/mol. The molecule has 4 heteroatoms. The standard InChI is InChI=1S/C13H21N3O/c17-11-3-6-15-7-9-16(10-8-15)12-13-4-1-2-5-14-13/h1-2,4-5,17H,3,6-12H2. The van der Waals surface area contributed by atoms with Crippen LogP contribution in [0, 0.1) is 0 Å². The summed E-state index contributed by atoms with van der Waals surface area (Å²) in [5.74, 6) is 0. The summed E-state index contributed by atoms with van der Waals surface area (Å²) in [4.78, 5) is 9.22. The molecule has 0 amide bonds. The topological polar surface area (TPSA) is 39.6 Å². The van der Waals surface area contributed by atoms with Gasteiger partial charge in [-0.1, -0.05) is 6.07 Å². The van der Waals surface area contributed by atoms with Crippen molar-refractivity contribution < 1.29 is 5.11 Å². The van der Waals surface area contributed by atoms with Crippen LogP contribution < -0.4 is 0 Å². The molecule has 2 heterocycles. The van der Waals surface area contributed by atoms with Gasteiger partial charge >= 0.3 is 0 Å². The Hall–Kier alpha value is -0.970. The molecule has 0 unspecified atom stereocenters. The molecule has 1 aliphatic rings. The van der Waals surface area contributed by atoms with Crippen molar-refractivity contribution in [3.63, 3.8) is 0 Å². The average Bonchev–Trinajstić information content (AvgIpc) is 2.39. The van der Waals surface area contributed by atoms with Gasteiger partial charge < -0.3 is 10.0 Å². The van der Waals surface area contributed by atoms with Gasteiger partial charge in [0, 0.05) is 52.1 Å². The van der Waals surface area contributed by atoms with E-state index in [-0.39, 0.29) is 0 Å². The number of pyridine rings is 1. The third kappa shape index (κ3) is 4.07. The lowest BCUT2D eigenvalue weighted by Crippen LogP contribution is -2.46. The van der Waals surface area contributed by atoms with E-state index in [1.807, 2.05) is 18.3 Å². The first-order valence-corrected chi connectivity index (χ1v) is 6.34. The Labute approximate surface area is 103 Å². The molecule has 1 N–H and O–H groups in total. The minimum absolute atomic E-state index is 0.300. The van der Waals surface area contributed by atoms with Crippen LogP contribution in [0.3, 0.4) is 0 Å². The third-order valence-corrected chi connectivity index (χ3v) is 3.21. The minimum atomic E-state index is 0.300. The maximum Gasteiger partial charge on any atom is 0.0543 e. The molecule has 0 aromatic carbocycles. The summed E-state index contributed by atoms with van der Waals surface area (Å²) in [5, 5.41) is 8.80. The van der Waals surface area contributed by atoms with E-state index >= 15 is 0 Å². The van der Waals surface area contributed by atoms with Gasteiger partial charge in [0.05, 0.1) is 5.69 Å². The maximum absolute atomic E-state index is 8.80. The average molecular weight is 235 g/mol. The third-order valence-electron chi connectivity index (χ3n) is 3.21. The Morgan fingerprint density at radius 3 is 2.53 bits per heavy atom. The predicted molar refractivity (Wildman–Crippen MR) is 67.7 cm³/mol. The fourth-order valence-electron chi connectivity index (χ4n) is 2.19. The van der Waals surface area contributed by atoms with Crippen molar-refractivity contribution in [2.24, 2.45) is 0 Å². The molecule has 2 rings (SSSR count). The van der Waals surface area contributed by atoms with E-state index in [4.69, 9.17) is 5.11 Å². The van der Waals surface area contributed by atoms with Crippen molar-refractivity contribution in [2.45, 2.75) is 13.0 Å². The fraction of sp³-hybridized carbons (Fsp3) is 0.615. The molecule has 0 aliphatic carbocycles. The van der Waals surface area contributed by atoms with Crippen LogP contribution in [0.1, 0.15) is 12.1 Å². The van der Waals surface area contributed by atoms with E-state index in [1.54, 1.807) is 0 Å². The van der Waals surface area contributed by atoms with E-state index in [9.17, 15) is 0 Å². The summed E-state index contributed by atoms with van der Waals surface area (Å²) in [6, 6.07) is 6.08. The number of aromatic nitrogens is 1. The first kappa shape index (κ1) is 12.5. The van der Waals surface area contributed by atoms with Crippen molar-refractivity contribution in [3.8, 4) is 0 Å². The van der Waals surface area contributed by atoms with Crippen molar-refractivity contribution in [2.75, 3.05) is 39.3 Å². The zero-order valence-electron chi connectivity index (χ0n) is 10.3. The van der Waals surface area contributed by atoms with E-state index in [1.165, 1.54) is 0 Å². The van der Waals surface area contributed by atoms with Crippen LogP contribution in [-0.2, 0) is 6.54 Å². The van der Waals surface area contributed by atoms with Crippen LogP contribution in [0.15, 0.2) is 24.4 Å². The normalized spacial score (nSPS) is 18.4. The van der Waals surface area contributed by atoms with Crippen LogP contribution in [0.2, 0.25) is 0 Å². The molecular formula is C13H21N3O. The van der Waals surface area contributed by atoms with Crippen LogP contribution in [0.5, 0.6) is 0 Å². The van der Waals surface area contributed by atoms with E-state index < -0.39 is 0 Å². The summed E-state index contributed by atoms with van der Waals surface area (Å²) >= 11 is 0. The highest BCUT2D eigenvalue weighted by Crippen LogP contribution is 2.06. The Morgan fingerprint density at radius 1 is 1.12 bits per heavy atom. The minimum Gasteiger partial charge on any atom is -0.396 e. The Kier molecular flexibility index (Phi) is 4.91. The molecule has 0 radical (unpaired) electrons. The van der Waals surface area contributed by atoms with Crippen LogP contribution in [-0.4, -0.2) is 59.2 Å². The number of rotatable bonds is 5. The quantitative estimate of drug-likeness (QED) is 0.810. The largest absolute Gasteiger partial charge is 0.396 e. The van der Waals surface area contributed by atoms with Gasteiger partial charge in [-0.25, -0.2) is 0 Å². The summed E-state index contributed by atoms with van der Waals surface area (Å²) in [5.41, 5.74) is 1.15. The van der Waals surface area contributed by atoms with Crippen molar-refractivity contribution in [1.82, 2.24) is 14.8 Å². The highest BCUT2D eigenvalue weighted by atomic mass is 16.3. The van der Waals surface area contributed by atoms with Crippen molar-refractivity contribution in [3.05, 3.63) is 30.1 Å². The van der Waals surface area contributed by atoms with Gasteiger partial charge in [0.2, 0.25) is 0 Å². The highest BCUT2D eigenvalue weighted by Gasteiger charge is 2.16. The molecule has 0 spiro atoms. The molecule has 94 valence electrons. The molecule has 0 bridgehead atoms. The highest BCUT2D eigenvalue weighted by molar-refractivity contribution is 5.03. The second-order valence-electron chi connectivity index (χ2n) is 4.52. The molecule has 0 saturated carbocycles. The molecule has 4 nitrogen and oxygen atoms in total. The number of nitrogens with zero attached hydrogens (tertiary/aromatic N) is 3. The van der Waals surface area contributed by atoms with E-state index in [0.717, 1.165) is 51.4 Å². The van der Waals surface area contributed by atoms with Gasteiger partial charge in [0.15, 0.2) is 0 Å². The number of hydrogen-bond donors (Lipinski definition) is 1. The number of piperazine rings is 1. The van der Waals surface area contributed by atoms with Gasteiger partial charge in [-0.05, 0) is 18.6 Å². The molecule has 1 fully saturated rings. The van der Waals surface area contributed by atoms with Gasteiger partial charge in [-0.15, -0.1) is 0 Å². The molecule has 1 saturated heterocycles. The SMILES string of the molecule is OCCCN1CCN(Cc2ccccn2)CC1. The molecule has 1 aromatic heterocycles. The summed E-state index contributed by atoms with van der Waals surface area (Å²) in [6.45, 7) is 6.68. The fourth-order valence-corrected chi connectivity index (χ4v) is 2.19. The first-order valence-electron chi connectivity index (χ1n) is 6.34. The van der Waals surface area contributed by atoms with E-state index in [2.05, 4.69) is 20.9 Å². The van der Waals surface area contributed by atoms with Gasteiger partial charge in [-0.3, -0.25) is 9.88 Å². The zero-order valence-corrected chi connectivity index (χ0v) is 10.3. The van der Waals surface area contributed by atoms with Crippen LogP contribution in [0.25, 0.3) is 0 Å². The summed E-state index contributed by atoms with van der Waals surface area (Å²) in [7, 11) is 0. The van der Waals surface area contributed by atoms with Crippen molar-refractivity contribution in [1.29, 1.82) is 0 Å². The van der Waals surface area contributed by atoms with Crippen LogP contribution in [0.4, 0.5) is 0 Å². The Bertz CT molecular complexity index is 310. The monoisotopic (exact) mass is 235 g/mol. The number of aliphatic hydroxyl groups excluding tert-OH is 1. The summed E-state index contributed by atoms with van der Waals surface area (Å²) < 4.78 is 0. The maximum atomic E-state index is 8.80. The second kappa shape index (κ2) is 6.69. The zero-order chi connectivity index (χ0) is 11.9. The predicted octanol–water partition coefficient (Wildman–Crippen LogP) is 0.582. The smallest absolute Gasteiger partial charge is 0.0543 e. The molecule has 1 aromatic rings. The Morgan fingerprint density at radius 2 is 1.88 bits per heavy atom. The first-order chi connectivity index (χ1) is 8.38. The summed E-state index contributed by atoms with van der Waals surface area (Å²) in [6.07, 6.45) is 2.74. The lowest BCUT2D eigenvalue weighted by Gasteiger charge is -2.34. The molecule has 17 heavy (non-hydrogen) atoms. The lowest BCUT2D eigenvalue weighted by atomic mass is 10.2. The number of aliphatic hydroxyl groups is 1. The van der Waals surface area contributed by atoms with Gasteiger partial charge in [0.1, 0.15) is 0 Å². The van der Waals surface area contributed by atoms with Gasteiger partial charge in [-0.2, -0.15) is 0 Å². The van der Waals surface area contributed by atoms with Gasteiger partial charge in [0.25, 0.3) is 0 Å².